The summed E-state index contributed by atoms with van der Waals surface area (Å²) in [5, 5.41) is 29.5. The molecule has 182 valence electrons. The summed E-state index contributed by atoms with van der Waals surface area (Å²) < 4.78 is 19.4. The number of carboxylic acids is 1. The summed E-state index contributed by atoms with van der Waals surface area (Å²) in [6.07, 6.45) is 4.69. The highest BCUT2D eigenvalue weighted by molar-refractivity contribution is 6.33. The second-order valence-corrected chi connectivity index (χ2v) is 9.58. The van der Waals surface area contributed by atoms with Crippen molar-refractivity contribution in [1.29, 1.82) is 0 Å². The number of rotatable bonds is 11. The summed E-state index contributed by atoms with van der Waals surface area (Å²) >= 11 is 6.52. The molecule has 2 aliphatic carbocycles. The maximum Gasteiger partial charge on any atom is 0.305 e. The van der Waals surface area contributed by atoms with E-state index in [4.69, 9.17) is 26.4 Å². The molecule has 2 aromatic rings. The van der Waals surface area contributed by atoms with Gasteiger partial charge in [-0.05, 0) is 49.4 Å². The van der Waals surface area contributed by atoms with E-state index >= 15 is 0 Å². The average molecular weight is 490 g/mol. The van der Waals surface area contributed by atoms with Crippen LogP contribution in [-0.2, 0) is 16.1 Å². The highest BCUT2D eigenvalue weighted by atomic mass is 35.5. The predicted octanol–water partition coefficient (Wildman–Crippen LogP) is 5.04. The highest BCUT2D eigenvalue weighted by Gasteiger charge is 2.35. The van der Waals surface area contributed by atoms with Crippen LogP contribution in [0.4, 0.5) is 4.39 Å². The quantitative estimate of drug-likeness (QED) is 0.409. The molecule has 0 amide bonds. The molecule has 1 aromatic heterocycles. The molecule has 4 rings (SSSR count). The van der Waals surface area contributed by atoms with Gasteiger partial charge < -0.3 is 20.1 Å². The molecule has 0 radical (unpaired) electrons. The fourth-order valence-corrected chi connectivity index (χ4v) is 4.61. The Kier molecular flexibility index (Phi) is 7.67. The van der Waals surface area contributed by atoms with Gasteiger partial charge in [-0.2, -0.15) is 0 Å². The highest BCUT2D eigenvalue weighted by Crippen LogP contribution is 2.50. The van der Waals surface area contributed by atoms with Crippen LogP contribution < -0.4 is 0 Å². The summed E-state index contributed by atoms with van der Waals surface area (Å²) in [7, 11) is 1.62. The molecule has 2 aliphatic rings. The number of carboxylic acid groups (broad SMARTS) is 1. The zero-order valence-electron chi connectivity index (χ0n) is 19.0. The number of pyridine rings is 1. The summed E-state index contributed by atoms with van der Waals surface area (Å²) in [5.74, 6) is -0.908. The van der Waals surface area contributed by atoms with E-state index in [-0.39, 0.29) is 11.4 Å². The molecule has 0 aliphatic heterocycles. The number of methoxy groups -OCH3 is 1. The van der Waals surface area contributed by atoms with Crippen molar-refractivity contribution < 1.29 is 29.2 Å². The fraction of sp³-hybridized carbons (Fsp3) is 0.462. The molecule has 3 N–H and O–H groups in total. The Balaban J connectivity index is 1.83. The number of aliphatic hydroxyl groups is 2. The summed E-state index contributed by atoms with van der Waals surface area (Å²) in [4.78, 5) is 15.9. The van der Waals surface area contributed by atoms with Crippen LogP contribution in [0.25, 0.3) is 17.2 Å². The Bertz CT molecular complexity index is 1100. The molecular weight excluding hydrogens is 461 g/mol. The van der Waals surface area contributed by atoms with Crippen LogP contribution in [0.5, 0.6) is 0 Å². The van der Waals surface area contributed by atoms with Crippen molar-refractivity contribution in [3.8, 4) is 11.1 Å². The SMILES string of the molecule is COCc1c(C2CC2)nc(C2CC2)c(/C=C/[C@@H](O)C[C@@H](O)CC(=O)O)c1-c1ccc(F)cc1Cl. The van der Waals surface area contributed by atoms with Crippen LogP contribution in [0.3, 0.4) is 0 Å². The second kappa shape index (κ2) is 10.5. The first kappa shape index (κ1) is 24.8. The van der Waals surface area contributed by atoms with Crippen molar-refractivity contribution in [1.82, 2.24) is 4.98 Å². The van der Waals surface area contributed by atoms with E-state index in [1.165, 1.54) is 12.1 Å². The molecule has 0 saturated heterocycles. The van der Waals surface area contributed by atoms with Gasteiger partial charge in [0.05, 0.1) is 36.0 Å². The molecule has 6 nitrogen and oxygen atoms in total. The van der Waals surface area contributed by atoms with E-state index in [9.17, 15) is 19.4 Å². The predicted molar refractivity (Wildman–Crippen MR) is 127 cm³/mol. The number of halogens is 2. The van der Waals surface area contributed by atoms with E-state index in [1.54, 1.807) is 25.3 Å². The summed E-state index contributed by atoms with van der Waals surface area (Å²) in [5.41, 5.74) is 5.10. The minimum Gasteiger partial charge on any atom is -0.481 e. The van der Waals surface area contributed by atoms with E-state index in [2.05, 4.69) is 0 Å². The zero-order chi connectivity index (χ0) is 24.4. The van der Waals surface area contributed by atoms with Gasteiger partial charge in [0.1, 0.15) is 5.82 Å². The molecule has 8 heteroatoms. The van der Waals surface area contributed by atoms with Crippen LogP contribution >= 0.6 is 11.6 Å². The van der Waals surface area contributed by atoms with E-state index in [0.717, 1.165) is 53.8 Å². The van der Waals surface area contributed by atoms with Gasteiger partial charge in [-0.3, -0.25) is 9.78 Å². The molecule has 1 heterocycles. The van der Waals surface area contributed by atoms with E-state index < -0.39 is 30.4 Å². The number of nitrogens with zero attached hydrogens (tertiary/aromatic N) is 1. The van der Waals surface area contributed by atoms with Crippen molar-refractivity contribution in [2.24, 2.45) is 0 Å². The third-order valence-corrected chi connectivity index (χ3v) is 6.54. The number of aliphatic hydroxyl groups excluding tert-OH is 2. The first-order valence-electron chi connectivity index (χ1n) is 11.6. The van der Waals surface area contributed by atoms with Crippen LogP contribution in [0.15, 0.2) is 24.3 Å². The number of carbonyl (C=O) groups is 1. The first-order chi connectivity index (χ1) is 16.3. The maximum absolute atomic E-state index is 13.9. The lowest BCUT2D eigenvalue weighted by atomic mass is 9.89. The maximum atomic E-state index is 13.9. The van der Waals surface area contributed by atoms with Crippen molar-refractivity contribution >= 4 is 23.6 Å². The van der Waals surface area contributed by atoms with Gasteiger partial charge in [-0.1, -0.05) is 23.8 Å². The Morgan fingerprint density at radius 2 is 1.91 bits per heavy atom. The third kappa shape index (κ3) is 5.84. The molecule has 2 saturated carbocycles. The fourth-order valence-electron chi connectivity index (χ4n) is 4.35. The van der Waals surface area contributed by atoms with Gasteiger partial charge in [0.25, 0.3) is 0 Å². The summed E-state index contributed by atoms with van der Waals surface area (Å²) in [6.45, 7) is 0.313. The second-order valence-electron chi connectivity index (χ2n) is 9.17. The molecule has 0 bridgehead atoms. The van der Waals surface area contributed by atoms with Gasteiger partial charge in [0.2, 0.25) is 0 Å². The molecule has 2 fully saturated rings. The lowest BCUT2D eigenvalue weighted by Crippen LogP contribution is -2.19. The molecule has 34 heavy (non-hydrogen) atoms. The van der Waals surface area contributed by atoms with Gasteiger partial charge in [-0.25, -0.2) is 4.39 Å². The van der Waals surface area contributed by atoms with Gasteiger partial charge in [0.15, 0.2) is 0 Å². The smallest absolute Gasteiger partial charge is 0.305 e. The lowest BCUT2D eigenvalue weighted by molar-refractivity contribution is -0.139. The topological polar surface area (TPSA) is 99.9 Å². The molecule has 2 atom stereocenters. The van der Waals surface area contributed by atoms with E-state index in [1.807, 2.05) is 0 Å². The lowest BCUT2D eigenvalue weighted by Gasteiger charge is -2.21. The monoisotopic (exact) mass is 489 g/mol. The largest absolute Gasteiger partial charge is 0.481 e. The number of hydrogen-bond acceptors (Lipinski definition) is 5. The Hall–Kier alpha value is -2.32. The van der Waals surface area contributed by atoms with Crippen LogP contribution in [-0.4, -0.2) is 45.6 Å². The number of ether oxygens (including phenoxy) is 1. The standard InChI is InChI=1S/C26H29ClFNO5/c1-34-13-21-24(19-8-6-16(28)10-22(19)27)20(9-7-17(30)11-18(31)12-23(32)33)25(14-2-3-14)29-26(21)15-4-5-15/h6-10,14-15,17-18,30-31H,2-5,11-13H2,1H3,(H,32,33)/b9-7+/t17-,18-/m1/s1. The zero-order valence-corrected chi connectivity index (χ0v) is 19.8. The Labute approximate surface area is 203 Å². The minimum atomic E-state index is -1.16. The number of aromatic nitrogens is 1. The molecule has 0 unspecified atom stereocenters. The Morgan fingerprint density at radius 1 is 1.24 bits per heavy atom. The van der Waals surface area contributed by atoms with Crippen LogP contribution in [0.2, 0.25) is 5.02 Å². The minimum absolute atomic E-state index is 0.104. The number of benzene rings is 1. The van der Waals surface area contributed by atoms with Crippen molar-refractivity contribution in [2.45, 2.75) is 69.2 Å². The van der Waals surface area contributed by atoms with Gasteiger partial charge >= 0.3 is 5.97 Å². The molecular formula is C26H29ClFNO5. The molecule has 1 aromatic carbocycles. The normalized spacial score (nSPS) is 17.8. The average Bonchev–Trinajstić information content (AvgIpc) is 3.66. The van der Waals surface area contributed by atoms with Crippen LogP contribution in [0.1, 0.15) is 72.9 Å². The number of aliphatic carboxylic acids is 1. The Morgan fingerprint density at radius 3 is 2.50 bits per heavy atom. The van der Waals surface area contributed by atoms with Crippen molar-refractivity contribution in [3.63, 3.8) is 0 Å². The molecule has 0 spiro atoms. The summed E-state index contributed by atoms with van der Waals surface area (Å²) in [6, 6.07) is 4.31. The van der Waals surface area contributed by atoms with Gasteiger partial charge in [0, 0.05) is 47.8 Å². The number of hydrogen-bond donors (Lipinski definition) is 3. The van der Waals surface area contributed by atoms with E-state index in [0.29, 0.717) is 24.0 Å². The van der Waals surface area contributed by atoms with Crippen molar-refractivity contribution in [3.05, 3.63) is 57.6 Å². The third-order valence-electron chi connectivity index (χ3n) is 6.22. The van der Waals surface area contributed by atoms with Crippen molar-refractivity contribution in [2.75, 3.05) is 7.11 Å². The van der Waals surface area contributed by atoms with Crippen LogP contribution in [0, 0.1) is 5.82 Å². The first-order valence-corrected chi connectivity index (χ1v) is 11.9. The van der Waals surface area contributed by atoms with Gasteiger partial charge in [-0.15, -0.1) is 0 Å².